The quantitative estimate of drug-likeness (QED) is 0.890. The Hall–Kier alpha value is -1.43. The van der Waals surface area contributed by atoms with Crippen LogP contribution in [0.1, 0.15) is 19.4 Å². The molecule has 0 aromatic heterocycles. The van der Waals surface area contributed by atoms with Crippen molar-refractivity contribution in [3.8, 4) is 17.2 Å². The molecule has 2 N–H and O–H groups in total. The Kier molecular flexibility index (Phi) is 3.62. The van der Waals surface area contributed by atoms with E-state index in [4.69, 9.17) is 9.47 Å². The summed E-state index contributed by atoms with van der Waals surface area (Å²) in [6.45, 7) is 4.03. The minimum Gasteiger partial charge on any atom is -0.506 e. The Morgan fingerprint density at radius 2 is 2.05 bits per heavy atom. The van der Waals surface area contributed by atoms with Crippen molar-refractivity contribution in [2.45, 2.75) is 20.3 Å². The van der Waals surface area contributed by atoms with E-state index in [1.54, 1.807) is 19.9 Å². The van der Waals surface area contributed by atoms with Gasteiger partial charge in [-0.25, -0.2) is 0 Å². The normalized spacial score (nSPS) is 14.3. The number of halogens is 1. The van der Waals surface area contributed by atoms with Crippen LogP contribution in [0.15, 0.2) is 10.5 Å². The number of ether oxygens (including phenoxy) is 2. The van der Waals surface area contributed by atoms with Crippen molar-refractivity contribution >= 4 is 21.9 Å². The molecule has 5 nitrogen and oxygen atoms in total. The summed E-state index contributed by atoms with van der Waals surface area (Å²) in [6.07, 6.45) is 0.152. The number of benzene rings is 1. The minimum atomic E-state index is -1.01. The minimum absolute atomic E-state index is 0.00132. The number of phenols is 1. The standard InChI is InChI=1S/C13H15BrO5/c1-13(2,12(16)17)6-7-10(15)8(14)5-9-11(7)19-4-3-18-9/h5,15H,3-4,6H2,1-2H3,(H,16,17). The number of aromatic hydroxyl groups is 1. The fraction of sp³-hybridized carbons (Fsp3) is 0.462. The molecule has 0 atom stereocenters. The van der Waals surface area contributed by atoms with Gasteiger partial charge in [0.15, 0.2) is 11.5 Å². The summed E-state index contributed by atoms with van der Waals surface area (Å²) < 4.78 is 11.4. The van der Waals surface area contributed by atoms with Crippen LogP contribution in [0.3, 0.4) is 0 Å². The first-order valence-electron chi connectivity index (χ1n) is 5.86. The van der Waals surface area contributed by atoms with E-state index in [-0.39, 0.29) is 12.2 Å². The van der Waals surface area contributed by atoms with Crippen LogP contribution in [-0.4, -0.2) is 29.4 Å². The molecule has 0 spiro atoms. The van der Waals surface area contributed by atoms with Gasteiger partial charge in [-0.15, -0.1) is 0 Å². The van der Waals surface area contributed by atoms with Crippen molar-refractivity contribution in [2.24, 2.45) is 5.41 Å². The van der Waals surface area contributed by atoms with Crippen LogP contribution in [0, 0.1) is 5.41 Å². The molecule has 2 rings (SSSR count). The Morgan fingerprint density at radius 3 is 2.68 bits per heavy atom. The number of aliphatic carboxylic acids is 1. The predicted octanol–water partition coefficient (Wildman–Crippen LogP) is 2.58. The van der Waals surface area contributed by atoms with Gasteiger partial charge in [-0.05, 0) is 36.2 Å². The van der Waals surface area contributed by atoms with Crippen molar-refractivity contribution in [2.75, 3.05) is 13.2 Å². The number of phenolic OH excluding ortho intramolecular Hbond substituents is 1. The lowest BCUT2D eigenvalue weighted by Gasteiger charge is -2.26. The third-order valence-corrected chi connectivity index (χ3v) is 3.66. The largest absolute Gasteiger partial charge is 0.506 e. The molecule has 0 radical (unpaired) electrons. The number of hydrogen-bond donors (Lipinski definition) is 2. The number of hydrogen-bond acceptors (Lipinski definition) is 4. The summed E-state index contributed by atoms with van der Waals surface area (Å²) in [5.41, 5.74) is -0.552. The Morgan fingerprint density at radius 1 is 1.42 bits per heavy atom. The van der Waals surface area contributed by atoms with Crippen LogP contribution < -0.4 is 9.47 Å². The van der Waals surface area contributed by atoms with Gasteiger partial charge in [-0.3, -0.25) is 4.79 Å². The number of carbonyl (C=O) groups is 1. The highest BCUT2D eigenvalue weighted by atomic mass is 79.9. The van der Waals surface area contributed by atoms with E-state index >= 15 is 0 Å². The highest BCUT2D eigenvalue weighted by Gasteiger charge is 2.32. The van der Waals surface area contributed by atoms with Crippen LogP contribution in [-0.2, 0) is 11.2 Å². The third kappa shape index (κ3) is 2.63. The third-order valence-electron chi connectivity index (χ3n) is 3.05. The van der Waals surface area contributed by atoms with Crippen molar-refractivity contribution in [3.05, 3.63) is 16.1 Å². The number of carboxylic acid groups (broad SMARTS) is 1. The van der Waals surface area contributed by atoms with Gasteiger partial charge < -0.3 is 19.7 Å². The van der Waals surface area contributed by atoms with Crippen molar-refractivity contribution < 1.29 is 24.5 Å². The predicted molar refractivity (Wildman–Crippen MR) is 71.9 cm³/mol. The van der Waals surface area contributed by atoms with Gasteiger partial charge >= 0.3 is 5.97 Å². The van der Waals surface area contributed by atoms with Gasteiger partial charge in [0.25, 0.3) is 0 Å². The monoisotopic (exact) mass is 330 g/mol. The lowest BCUT2D eigenvalue weighted by atomic mass is 9.85. The summed E-state index contributed by atoms with van der Waals surface area (Å²) in [5, 5.41) is 19.3. The summed E-state index contributed by atoms with van der Waals surface area (Å²) in [5.74, 6) is 0.0179. The molecule has 0 bridgehead atoms. The molecular weight excluding hydrogens is 316 g/mol. The SMILES string of the molecule is CC(C)(Cc1c(O)c(Br)cc2c1OCCO2)C(=O)O. The molecule has 0 saturated carbocycles. The zero-order valence-corrected chi connectivity index (χ0v) is 12.3. The molecule has 0 fully saturated rings. The summed E-state index contributed by atoms with van der Waals surface area (Å²) in [7, 11) is 0. The van der Waals surface area contributed by atoms with E-state index in [0.29, 0.717) is 34.7 Å². The average molecular weight is 331 g/mol. The molecule has 19 heavy (non-hydrogen) atoms. The lowest BCUT2D eigenvalue weighted by Crippen LogP contribution is -2.27. The van der Waals surface area contributed by atoms with Crippen LogP contribution in [0.2, 0.25) is 0 Å². The van der Waals surface area contributed by atoms with E-state index in [2.05, 4.69) is 15.9 Å². The van der Waals surface area contributed by atoms with Gasteiger partial charge in [0.05, 0.1) is 9.89 Å². The van der Waals surface area contributed by atoms with E-state index in [1.165, 1.54) is 0 Å². The van der Waals surface area contributed by atoms with E-state index < -0.39 is 11.4 Å². The molecular formula is C13H15BrO5. The van der Waals surface area contributed by atoms with E-state index in [1.807, 2.05) is 0 Å². The Bertz CT molecular complexity index is 524. The Labute approximate surface area is 119 Å². The molecule has 1 aromatic carbocycles. The van der Waals surface area contributed by atoms with Crippen molar-refractivity contribution in [1.82, 2.24) is 0 Å². The number of fused-ring (bicyclic) bond motifs is 1. The highest BCUT2D eigenvalue weighted by molar-refractivity contribution is 9.10. The zero-order valence-electron chi connectivity index (χ0n) is 10.7. The van der Waals surface area contributed by atoms with Gasteiger partial charge in [-0.1, -0.05) is 0 Å². The molecule has 0 unspecified atom stereocenters. The first-order valence-corrected chi connectivity index (χ1v) is 6.65. The van der Waals surface area contributed by atoms with Crippen LogP contribution in [0.25, 0.3) is 0 Å². The maximum atomic E-state index is 11.2. The summed E-state index contributed by atoms with van der Waals surface area (Å²) in [4.78, 5) is 11.2. The molecule has 0 saturated heterocycles. The van der Waals surface area contributed by atoms with Crippen molar-refractivity contribution in [3.63, 3.8) is 0 Å². The highest BCUT2D eigenvalue weighted by Crippen LogP contribution is 2.46. The first kappa shape index (κ1) is 14.0. The van der Waals surface area contributed by atoms with E-state index in [9.17, 15) is 15.0 Å². The fourth-order valence-corrected chi connectivity index (χ4v) is 2.34. The molecule has 1 heterocycles. The molecule has 0 amide bonds. The second kappa shape index (κ2) is 4.92. The van der Waals surface area contributed by atoms with Crippen LogP contribution in [0.4, 0.5) is 0 Å². The van der Waals surface area contributed by atoms with Gasteiger partial charge in [0, 0.05) is 11.6 Å². The molecule has 1 aliphatic rings. The van der Waals surface area contributed by atoms with Gasteiger partial charge in [0.1, 0.15) is 19.0 Å². The Balaban J connectivity index is 2.49. The van der Waals surface area contributed by atoms with Crippen LogP contribution in [0.5, 0.6) is 17.2 Å². The summed E-state index contributed by atoms with van der Waals surface area (Å²) in [6, 6.07) is 1.63. The van der Waals surface area contributed by atoms with Gasteiger partial charge in [-0.2, -0.15) is 0 Å². The zero-order chi connectivity index (χ0) is 14.2. The lowest BCUT2D eigenvalue weighted by molar-refractivity contribution is -0.146. The molecule has 1 aliphatic heterocycles. The average Bonchev–Trinajstić information content (AvgIpc) is 2.34. The van der Waals surface area contributed by atoms with E-state index in [0.717, 1.165) is 0 Å². The summed E-state index contributed by atoms with van der Waals surface area (Å²) >= 11 is 3.24. The first-order chi connectivity index (χ1) is 8.83. The fourth-order valence-electron chi connectivity index (χ4n) is 1.89. The maximum absolute atomic E-state index is 11.2. The second-order valence-electron chi connectivity index (χ2n) is 5.08. The molecule has 0 aliphatic carbocycles. The number of carboxylic acids is 1. The van der Waals surface area contributed by atoms with Gasteiger partial charge in [0.2, 0.25) is 0 Å². The molecule has 1 aromatic rings. The van der Waals surface area contributed by atoms with Crippen molar-refractivity contribution in [1.29, 1.82) is 0 Å². The molecule has 6 heteroatoms. The number of rotatable bonds is 3. The molecule has 104 valence electrons. The maximum Gasteiger partial charge on any atom is 0.309 e. The van der Waals surface area contributed by atoms with Crippen LogP contribution >= 0.6 is 15.9 Å². The second-order valence-corrected chi connectivity index (χ2v) is 5.93. The topological polar surface area (TPSA) is 76.0 Å². The smallest absolute Gasteiger partial charge is 0.309 e.